The lowest BCUT2D eigenvalue weighted by Gasteiger charge is -2.23. The zero-order valence-corrected chi connectivity index (χ0v) is 10.7. The summed E-state index contributed by atoms with van der Waals surface area (Å²) in [6, 6.07) is 5.52. The van der Waals surface area contributed by atoms with Gasteiger partial charge in [-0.2, -0.15) is 0 Å². The van der Waals surface area contributed by atoms with Crippen LogP contribution in [0, 0.1) is 12.7 Å². The Morgan fingerprint density at radius 3 is 2.71 bits per heavy atom. The van der Waals surface area contributed by atoms with Crippen LogP contribution in [-0.2, 0) is 0 Å². The van der Waals surface area contributed by atoms with E-state index in [1.807, 2.05) is 19.1 Å². The van der Waals surface area contributed by atoms with E-state index in [0.717, 1.165) is 50.4 Å². The van der Waals surface area contributed by atoms with Gasteiger partial charge in [0.05, 0.1) is 5.69 Å². The molecular formula is C14H21FN2. The SMILES string of the molecule is CCN1CCCN(c2ccc(C)cc2F)CC1. The number of halogens is 1. The first-order valence-corrected chi connectivity index (χ1v) is 6.44. The second-order valence-corrected chi connectivity index (χ2v) is 4.73. The van der Waals surface area contributed by atoms with Gasteiger partial charge in [-0.3, -0.25) is 0 Å². The molecule has 94 valence electrons. The molecule has 0 N–H and O–H groups in total. The quantitative estimate of drug-likeness (QED) is 0.779. The molecule has 1 aromatic rings. The minimum atomic E-state index is -0.0880. The van der Waals surface area contributed by atoms with Gasteiger partial charge >= 0.3 is 0 Å². The topological polar surface area (TPSA) is 6.48 Å². The Morgan fingerprint density at radius 2 is 2.00 bits per heavy atom. The van der Waals surface area contributed by atoms with Crippen LogP contribution in [0.15, 0.2) is 18.2 Å². The van der Waals surface area contributed by atoms with Gasteiger partial charge in [0.25, 0.3) is 0 Å². The molecule has 0 amide bonds. The van der Waals surface area contributed by atoms with E-state index in [-0.39, 0.29) is 5.82 Å². The molecule has 2 rings (SSSR count). The molecule has 17 heavy (non-hydrogen) atoms. The highest BCUT2D eigenvalue weighted by molar-refractivity contribution is 5.49. The standard InChI is InChI=1S/C14H21FN2/c1-3-16-7-4-8-17(10-9-16)14-6-5-12(2)11-13(14)15/h5-6,11H,3-4,7-10H2,1-2H3. The molecule has 0 atom stereocenters. The van der Waals surface area contributed by atoms with Crippen molar-refractivity contribution in [3.63, 3.8) is 0 Å². The number of hydrogen-bond donors (Lipinski definition) is 0. The van der Waals surface area contributed by atoms with Gasteiger partial charge in [0.2, 0.25) is 0 Å². The Balaban J connectivity index is 2.11. The molecule has 1 aliphatic rings. The molecular weight excluding hydrogens is 215 g/mol. The summed E-state index contributed by atoms with van der Waals surface area (Å²) in [6.45, 7) is 9.23. The van der Waals surface area contributed by atoms with Gasteiger partial charge in [0.15, 0.2) is 0 Å². The highest BCUT2D eigenvalue weighted by Gasteiger charge is 2.16. The van der Waals surface area contributed by atoms with Gasteiger partial charge in [0, 0.05) is 19.6 Å². The fourth-order valence-corrected chi connectivity index (χ4v) is 2.40. The maximum Gasteiger partial charge on any atom is 0.146 e. The fraction of sp³-hybridized carbons (Fsp3) is 0.571. The van der Waals surface area contributed by atoms with Gasteiger partial charge in [-0.25, -0.2) is 4.39 Å². The van der Waals surface area contributed by atoms with Crippen molar-refractivity contribution >= 4 is 5.69 Å². The molecule has 0 aliphatic carbocycles. The minimum Gasteiger partial charge on any atom is -0.368 e. The first-order chi connectivity index (χ1) is 8.20. The lowest BCUT2D eigenvalue weighted by atomic mass is 10.2. The average Bonchev–Trinajstić information content (AvgIpc) is 2.54. The summed E-state index contributed by atoms with van der Waals surface area (Å²) < 4.78 is 13.9. The van der Waals surface area contributed by atoms with Crippen LogP contribution >= 0.6 is 0 Å². The first kappa shape index (κ1) is 12.4. The number of aryl methyl sites for hydroxylation is 1. The molecule has 0 unspecified atom stereocenters. The largest absolute Gasteiger partial charge is 0.368 e. The highest BCUT2D eigenvalue weighted by Crippen LogP contribution is 2.21. The molecule has 1 heterocycles. The third kappa shape index (κ3) is 2.97. The number of hydrogen-bond acceptors (Lipinski definition) is 2. The zero-order valence-electron chi connectivity index (χ0n) is 10.7. The lowest BCUT2D eigenvalue weighted by Crippen LogP contribution is -2.31. The van der Waals surface area contributed by atoms with Crippen molar-refractivity contribution in [2.45, 2.75) is 20.3 Å². The van der Waals surface area contributed by atoms with E-state index in [9.17, 15) is 4.39 Å². The molecule has 1 fully saturated rings. The summed E-state index contributed by atoms with van der Waals surface area (Å²) in [5.41, 5.74) is 1.74. The van der Waals surface area contributed by atoms with E-state index in [4.69, 9.17) is 0 Å². The summed E-state index contributed by atoms with van der Waals surface area (Å²) in [7, 11) is 0. The van der Waals surface area contributed by atoms with E-state index in [2.05, 4.69) is 16.7 Å². The molecule has 1 aromatic carbocycles. The Bertz CT molecular complexity index is 378. The van der Waals surface area contributed by atoms with Crippen molar-refractivity contribution < 1.29 is 4.39 Å². The van der Waals surface area contributed by atoms with Crippen molar-refractivity contribution in [1.29, 1.82) is 0 Å². The number of anilines is 1. The summed E-state index contributed by atoms with van der Waals surface area (Å²) in [5, 5.41) is 0. The predicted molar refractivity (Wildman–Crippen MR) is 70.1 cm³/mol. The van der Waals surface area contributed by atoms with Crippen LogP contribution in [0.3, 0.4) is 0 Å². The second-order valence-electron chi connectivity index (χ2n) is 4.73. The zero-order chi connectivity index (χ0) is 12.3. The van der Waals surface area contributed by atoms with Crippen LogP contribution in [0.5, 0.6) is 0 Å². The number of likely N-dealkylation sites (N-methyl/N-ethyl adjacent to an activating group) is 1. The van der Waals surface area contributed by atoms with Crippen molar-refractivity contribution in [3.05, 3.63) is 29.6 Å². The van der Waals surface area contributed by atoms with Gasteiger partial charge in [-0.05, 0) is 44.1 Å². The normalized spacial score (nSPS) is 18.2. The smallest absolute Gasteiger partial charge is 0.146 e. The lowest BCUT2D eigenvalue weighted by molar-refractivity contribution is 0.310. The van der Waals surface area contributed by atoms with Crippen molar-refractivity contribution in [2.75, 3.05) is 37.6 Å². The fourth-order valence-electron chi connectivity index (χ4n) is 2.40. The van der Waals surface area contributed by atoms with Crippen LogP contribution in [0.2, 0.25) is 0 Å². The molecule has 0 aromatic heterocycles. The van der Waals surface area contributed by atoms with Crippen molar-refractivity contribution in [2.24, 2.45) is 0 Å². The third-order valence-electron chi connectivity index (χ3n) is 3.48. The maximum absolute atomic E-state index is 13.9. The monoisotopic (exact) mass is 236 g/mol. The minimum absolute atomic E-state index is 0.0880. The molecule has 0 spiro atoms. The molecule has 3 heteroatoms. The van der Waals surface area contributed by atoms with E-state index < -0.39 is 0 Å². The number of benzene rings is 1. The molecule has 0 saturated carbocycles. The Hall–Kier alpha value is -1.09. The first-order valence-electron chi connectivity index (χ1n) is 6.44. The van der Waals surface area contributed by atoms with E-state index in [1.165, 1.54) is 0 Å². The summed E-state index contributed by atoms with van der Waals surface area (Å²) in [4.78, 5) is 4.59. The van der Waals surface area contributed by atoms with Gasteiger partial charge in [-0.1, -0.05) is 13.0 Å². The molecule has 0 radical (unpaired) electrons. The predicted octanol–water partition coefficient (Wildman–Crippen LogP) is 2.67. The summed E-state index contributed by atoms with van der Waals surface area (Å²) >= 11 is 0. The molecule has 1 saturated heterocycles. The van der Waals surface area contributed by atoms with E-state index >= 15 is 0 Å². The van der Waals surface area contributed by atoms with Crippen LogP contribution in [-0.4, -0.2) is 37.6 Å². The van der Waals surface area contributed by atoms with Crippen LogP contribution in [0.25, 0.3) is 0 Å². The van der Waals surface area contributed by atoms with E-state index in [1.54, 1.807) is 6.07 Å². The average molecular weight is 236 g/mol. The summed E-state index contributed by atoms with van der Waals surface area (Å²) in [5.74, 6) is -0.0880. The van der Waals surface area contributed by atoms with Gasteiger partial charge in [-0.15, -0.1) is 0 Å². The van der Waals surface area contributed by atoms with Gasteiger partial charge in [0.1, 0.15) is 5.82 Å². The van der Waals surface area contributed by atoms with Crippen LogP contribution < -0.4 is 4.90 Å². The van der Waals surface area contributed by atoms with Crippen molar-refractivity contribution in [3.8, 4) is 0 Å². The highest BCUT2D eigenvalue weighted by atomic mass is 19.1. The Morgan fingerprint density at radius 1 is 1.18 bits per heavy atom. The summed E-state index contributed by atoms with van der Waals surface area (Å²) in [6.07, 6.45) is 1.11. The second kappa shape index (κ2) is 5.50. The van der Waals surface area contributed by atoms with Gasteiger partial charge < -0.3 is 9.80 Å². The number of rotatable bonds is 2. The Kier molecular flexibility index (Phi) is 4.00. The Labute approximate surface area is 103 Å². The maximum atomic E-state index is 13.9. The molecule has 2 nitrogen and oxygen atoms in total. The third-order valence-corrected chi connectivity index (χ3v) is 3.48. The van der Waals surface area contributed by atoms with Crippen LogP contribution in [0.1, 0.15) is 18.9 Å². The molecule has 1 aliphatic heterocycles. The van der Waals surface area contributed by atoms with Crippen LogP contribution in [0.4, 0.5) is 10.1 Å². The van der Waals surface area contributed by atoms with Crippen molar-refractivity contribution in [1.82, 2.24) is 4.90 Å². The van der Waals surface area contributed by atoms with E-state index in [0.29, 0.717) is 0 Å². The molecule has 0 bridgehead atoms. The number of nitrogens with zero attached hydrogens (tertiary/aromatic N) is 2.